The summed E-state index contributed by atoms with van der Waals surface area (Å²) in [5.74, 6) is 0.0300. The van der Waals surface area contributed by atoms with Gasteiger partial charge in [-0.3, -0.25) is 14.9 Å². The number of oxime groups is 1. The highest BCUT2D eigenvalue weighted by atomic mass is 16.6. The van der Waals surface area contributed by atoms with Gasteiger partial charge < -0.3 is 37.0 Å². The van der Waals surface area contributed by atoms with Crippen molar-refractivity contribution in [2.45, 2.75) is 43.4 Å². The van der Waals surface area contributed by atoms with E-state index in [1.165, 1.54) is 16.8 Å². The van der Waals surface area contributed by atoms with Gasteiger partial charge in [-0.15, -0.1) is 0 Å². The molecule has 2 aliphatic rings. The molecule has 28 heavy (non-hydrogen) atoms. The molecule has 0 saturated carbocycles. The lowest BCUT2D eigenvalue weighted by Gasteiger charge is -2.39. The van der Waals surface area contributed by atoms with Gasteiger partial charge >= 0.3 is 5.69 Å². The second kappa shape index (κ2) is 8.00. The number of rotatable bonds is 5. The van der Waals surface area contributed by atoms with Crippen LogP contribution in [0.5, 0.6) is 0 Å². The third-order valence-electron chi connectivity index (χ3n) is 4.53. The maximum Gasteiger partial charge on any atom is 0.351 e. The maximum absolute atomic E-state index is 12.2. The van der Waals surface area contributed by atoms with E-state index in [2.05, 4.69) is 20.4 Å². The number of nitrogens with zero attached hydrogens (tertiary/aromatic N) is 4. The number of aromatic nitrogens is 2. The van der Waals surface area contributed by atoms with Crippen molar-refractivity contribution < 1.29 is 19.8 Å². The molecule has 4 atom stereocenters. The predicted octanol–water partition coefficient (Wildman–Crippen LogP) is -2.37. The molecule has 1 aromatic heterocycles. The average molecular weight is 396 g/mol. The Kier molecular flexibility index (Phi) is 5.67. The molecule has 0 radical (unpaired) electrons. The minimum absolute atomic E-state index is 0.0191. The average Bonchev–Trinajstić information content (AvgIpc) is 2.73. The second-order valence-electron chi connectivity index (χ2n) is 6.72. The quantitative estimate of drug-likeness (QED) is 0.102. The van der Waals surface area contributed by atoms with E-state index in [0.29, 0.717) is 19.4 Å². The first kappa shape index (κ1) is 19.9. The smallest absolute Gasteiger partial charge is 0.351 e. The fraction of sp³-hybridized carbons (Fsp3) is 0.600. The molecule has 2 bridgehead atoms. The van der Waals surface area contributed by atoms with Gasteiger partial charge in [0, 0.05) is 19.2 Å². The largest absolute Gasteiger partial charge is 0.469 e. The first-order chi connectivity index (χ1) is 13.3. The van der Waals surface area contributed by atoms with E-state index in [1.807, 2.05) is 0 Å². The summed E-state index contributed by atoms with van der Waals surface area (Å²) >= 11 is 0. The molecule has 13 heteroatoms. The molecule has 0 amide bonds. The molecular formula is C15H24N8O5. The van der Waals surface area contributed by atoms with Gasteiger partial charge in [0.05, 0.1) is 12.6 Å². The van der Waals surface area contributed by atoms with Crippen LogP contribution in [0.15, 0.2) is 27.2 Å². The van der Waals surface area contributed by atoms with Crippen LogP contribution in [0.4, 0.5) is 5.82 Å². The summed E-state index contributed by atoms with van der Waals surface area (Å²) in [6.45, 7) is 0.254. The number of nitrogen functional groups attached to an aromatic ring is 1. The number of fused-ring (bicyclic) bond motifs is 2. The summed E-state index contributed by atoms with van der Waals surface area (Å²) in [6.07, 6.45) is 0.827. The van der Waals surface area contributed by atoms with Gasteiger partial charge in [-0.1, -0.05) is 5.16 Å². The number of hydrogen-bond acceptors (Lipinski definition) is 10. The van der Waals surface area contributed by atoms with E-state index in [0.717, 1.165) is 0 Å². The van der Waals surface area contributed by atoms with Gasteiger partial charge in [0.1, 0.15) is 17.6 Å². The molecule has 0 spiro atoms. The number of nitrogens with one attached hydrogen (secondary N) is 1. The monoisotopic (exact) mass is 396 g/mol. The van der Waals surface area contributed by atoms with E-state index < -0.39 is 29.8 Å². The number of anilines is 1. The van der Waals surface area contributed by atoms with E-state index >= 15 is 0 Å². The van der Waals surface area contributed by atoms with Crippen LogP contribution in [0.3, 0.4) is 0 Å². The zero-order valence-corrected chi connectivity index (χ0v) is 15.1. The fourth-order valence-corrected chi connectivity index (χ4v) is 3.32. The Morgan fingerprint density at radius 2 is 2.29 bits per heavy atom. The first-order valence-corrected chi connectivity index (χ1v) is 8.71. The molecule has 13 nitrogen and oxygen atoms in total. The SMILES string of the molecule is NC(N)=NCCC[C@H]1N[C@]2(O)CO[C@@H](n3ccc(N)nc3=O)[C@@H](C2)OC1=NO. The van der Waals surface area contributed by atoms with Crippen LogP contribution < -0.4 is 28.2 Å². The van der Waals surface area contributed by atoms with Gasteiger partial charge in [0.25, 0.3) is 0 Å². The van der Waals surface area contributed by atoms with Crippen LogP contribution in [0, 0.1) is 0 Å². The van der Waals surface area contributed by atoms with Crippen molar-refractivity contribution >= 4 is 17.7 Å². The van der Waals surface area contributed by atoms with Crippen molar-refractivity contribution in [2.24, 2.45) is 21.6 Å². The summed E-state index contributed by atoms with van der Waals surface area (Å²) in [5.41, 5.74) is 14.1. The summed E-state index contributed by atoms with van der Waals surface area (Å²) in [7, 11) is 0. The first-order valence-electron chi connectivity index (χ1n) is 8.71. The molecule has 1 aromatic rings. The van der Waals surface area contributed by atoms with Gasteiger partial charge in [0.2, 0.25) is 5.90 Å². The van der Waals surface area contributed by atoms with Crippen molar-refractivity contribution in [2.75, 3.05) is 18.9 Å². The Bertz CT molecular complexity index is 823. The van der Waals surface area contributed by atoms with E-state index in [9.17, 15) is 15.1 Å². The maximum atomic E-state index is 12.2. The Balaban J connectivity index is 1.80. The Labute approximate surface area is 159 Å². The van der Waals surface area contributed by atoms with Crippen molar-refractivity contribution in [1.82, 2.24) is 14.9 Å². The topological polar surface area (TPSA) is 209 Å². The summed E-state index contributed by atoms with van der Waals surface area (Å²) in [4.78, 5) is 19.7. The minimum atomic E-state index is -1.43. The lowest BCUT2D eigenvalue weighted by atomic mass is 10.0. The highest BCUT2D eigenvalue weighted by molar-refractivity contribution is 5.82. The van der Waals surface area contributed by atoms with Crippen LogP contribution in [-0.4, -0.2) is 62.7 Å². The normalized spacial score (nSPS) is 31.0. The van der Waals surface area contributed by atoms with Crippen LogP contribution in [-0.2, 0) is 9.47 Å². The van der Waals surface area contributed by atoms with Gasteiger partial charge in [0.15, 0.2) is 12.2 Å². The molecule has 2 aliphatic heterocycles. The van der Waals surface area contributed by atoms with Crippen molar-refractivity contribution in [3.05, 3.63) is 22.7 Å². The molecule has 154 valence electrons. The third-order valence-corrected chi connectivity index (χ3v) is 4.53. The summed E-state index contributed by atoms with van der Waals surface area (Å²) in [6, 6.07) is 0.853. The second-order valence-corrected chi connectivity index (χ2v) is 6.72. The molecular weight excluding hydrogens is 372 g/mol. The van der Waals surface area contributed by atoms with E-state index in [1.54, 1.807) is 0 Å². The number of hydrogen-bond donors (Lipinski definition) is 6. The molecule has 2 saturated heterocycles. The van der Waals surface area contributed by atoms with E-state index in [-0.39, 0.29) is 30.7 Å². The minimum Gasteiger partial charge on any atom is -0.469 e. The number of nitrogens with two attached hydrogens (primary N) is 3. The van der Waals surface area contributed by atoms with Crippen molar-refractivity contribution in [1.29, 1.82) is 0 Å². The number of guanidine groups is 1. The van der Waals surface area contributed by atoms with Crippen molar-refractivity contribution in [3.63, 3.8) is 0 Å². The highest BCUT2D eigenvalue weighted by Gasteiger charge is 2.48. The molecule has 0 unspecified atom stereocenters. The Morgan fingerprint density at radius 3 is 2.96 bits per heavy atom. The number of aliphatic hydroxyl groups is 1. The lowest BCUT2D eigenvalue weighted by molar-refractivity contribution is -0.196. The Hall–Kier alpha value is -2.90. The predicted molar refractivity (Wildman–Crippen MR) is 98.4 cm³/mol. The Morgan fingerprint density at radius 1 is 1.50 bits per heavy atom. The van der Waals surface area contributed by atoms with Crippen molar-refractivity contribution in [3.8, 4) is 0 Å². The standard InChI is InChI=1S/C15H24N8O5/c16-10-3-5-23(14(24)20-10)12-9-6-15(25,7-27-12)21-8(11(22-26)28-9)2-1-4-19-13(17)18/h3,5,8-9,12,21,25-26H,1-2,4,6-7H2,(H2,16,20,24)(H4,17,18,19)/t8-,9-,12-,15-/m1/s1. The molecule has 9 N–H and O–H groups in total. The van der Waals surface area contributed by atoms with Crippen LogP contribution in [0.2, 0.25) is 0 Å². The zero-order valence-electron chi connectivity index (χ0n) is 15.1. The molecule has 2 fully saturated rings. The van der Waals surface area contributed by atoms with Crippen LogP contribution >= 0.6 is 0 Å². The highest BCUT2D eigenvalue weighted by Crippen LogP contribution is 2.33. The summed E-state index contributed by atoms with van der Waals surface area (Å²) in [5, 5.41) is 26.5. The van der Waals surface area contributed by atoms with E-state index in [4.69, 9.17) is 26.7 Å². The van der Waals surface area contributed by atoms with Gasteiger partial charge in [-0.05, 0) is 18.9 Å². The number of ether oxygens (including phenoxy) is 2. The molecule has 3 rings (SSSR count). The third kappa shape index (κ3) is 4.32. The fourth-order valence-electron chi connectivity index (χ4n) is 3.32. The molecule has 0 aromatic carbocycles. The molecule has 0 aliphatic carbocycles. The van der Waals surface area contributed by atoms with Crippen LogP contribution in [0.25, 0.3) is 0 Å². The van der Waals surface area contributed by atoms with Gasteiger partial charge in [-0.25, -0.2) is 4.79 Å². The van der Waals surface area contributed by atoms with Crippen LogP contribution in [0.1, 0.15) is 25.5 Å². The van der Waals surface area contributed by atoms with Gasteiger partial charge in [-0.2, -0.15) is 4.98 Å². The lowest BCUT2D eigenvalue weighted by Crippen LogP contribution is -2.58. The zero-order chi connectivity index (χ0) is 20.3. The molecule has 3 heterocycles. The number of aliphatic imine (C=N–C) groups is 1. The summed E-state index contributed by atoms with van der Waals surface area (Å²) < 4.78 is 12.7.